The Balaban J connectivity index is 1.69. The van der Waals surface area contributed by atoms with Gasteiger partial charge in [-0.2, -0.15) is 0 Å². The lowest BCUT2D eigenvalue weighted by molar-refractivity contribution is -0.161. The first kappa shape index (κ1) is 17.7. The maximum atomic E-state index is 13.4. The largest absolute Gasteiger partial charge is 0.393 e. The summed E-state index contributed by atoms with van der Waals surface area (Å²) in [7, 11) is 0. The van der Waals surface area contributed by atoms with E-state index in [4.69, 9.17) is 0 Å². The van der Waals surface area contributed by atoms with Gasteiger partial charge in [-0.15, -0.1) is 0 Å². The standard InChI is InChI=1S/C22H34O3/c1-21-10-8-16(24)12-15(21)6-7-17-18-5-3-4-14(9-11-23)22(18,2)13-19(25)20(17)21/h9,15-18,20,23-24H,3-8,10-13H2,1-2H3/b14-9+/t15-,16-,17-,18+,20+,21-,22-/m0/s1. The van der Waals surface area contributed by atoms with E-state index in [9.17, 15) is 15.0 Å². The Morgan fingerprint density at radius 2 is 2.00 bits per heavy atom. The third-order valence-corrected chi connectivity index (χ3v) is 8.75. The Hall–Kier alpha value is -0.670. The molecule has 0 spiro atoms. The molecule has 3 nitrogen and oxygen atoms in total. The zero-order chi connectivity index (χ0) is 17.8. The van der Waals surface area contributed by atoms with E-state index >= 15 is 0 Å². The van der Waals surface area contributed by atoms with Gasteiger partial charge in [-0.3, -0.25) is 4.79 Å². The van der Waals surface area contributed by atoms with Gasteiger partial charge in [0.05, 0.1) is 12.7 Å². The number of Topliss-reactive ketones (excluding diaryl/α,β-unsaturated/α-hetero) is 1. The summed E-state index contributed by atoms with van der Waals surface area (Å²) in [5.41, 5.74) is 1.40. The normalized spacial score (nSPS) is 51.6. The van der Waals surface area contributed by atoms with Crippen molar-refractivity contribution in [2.45, 2.75) is 77.7 Å². The predicted molar refractivity (Wildman–Crippen MR) is 97.9 cm³/mol. The molecule has 4 fully saturated rings. The minimum absolute atomic E-state index is 0.0311. The molecule has 0 aliphatic heterocycles. The number of fused-ring (bicyclic) bond motifs is 5. The molecule has 25 heavy (non-hydrogen) atoms. The first-order chi connectivity index (χ1) is 11.9. The zero-order valence-electron chi connectivity index (χ0n) is 15.8. The van der Waals surface area contributed by atoms with E-state index in [0.717, 1.165) is 32.1 Å². The number of ketones is 1. The fourth-order valence-electron chi connectivity index (χ4n) is 7.55. The van der Waals surface area contributed by atoms with E-state index in [1.807, 2.05) is 6.08 Å². The molecule has 0 heterocycles. The smallest absolute Gasteiger partial charge is 0.137 e. The SMILES string of the molecule is C[C@]12CC[C@H](O)C[C@@H]1CC[C@H]1[C@H]3CCC/C(=C\CO)[C@]3(C)CC(=O)[C@@H]12. The molecule has 140 valence electrons. The lowest BCUT2D eigenvalue weighted by Crippen LogP contribution is -2.58. The first-order valence-corrected chi connectivity index (χ1v) is 10.4. The van der Waals surface area contributed by atoms with Crippen molar-refractivity contribution in [3.8, 4) is 0 Å². The van der Waals surface area contributed by atoms with Crippen LogP contribution in [0.4, 0.5) is 0 Å². The maximum Gasteiger partial charge on any atom is 0.137 e. The van der Waals surface area contributed by atoms with Crippen molar-refractivity contribution in [2.24, 2.45) is 34.5 Å². The zero-order valence-corrected chi connectivity index (χ0v) is 15.8. The molecule has 4 aliphatic rings. The van der Waals surface area contributed by atoms with E-state index in [-0.39, 0.29) is 29.5 Å². The molecule has 0 saturated heterocycles. The van der Waals surface area contributed by atoms with Crippen molar-refractivity contribution >= 4 is 5.78 Å². The number of hydrogen-bond acceptors (Lipinski definition) is 3. The molecule has 0 aromatic carbocycles. The van der Waals surface area contributed by atoms with Gasteiger partial charge < -0.3 is 10.2 Å². The lowest BCUT2D eigenvalue weighted by atomic mass is 9.42. The van der Waals surface area contributed by atoms with Crippen LogP contribution in [0.3, 0.4) is 0 Å². The van der Waals surface area contributed by atoms with Gasteiger partial charge in [0.15, 0.2) is 0 Å². The number of allylic oxidation sites excluding steroid dienone is 1. The summed E-state index contributed by atoms with van der Waals surface area (Å²) in [6.07, 6.45) is 11.1. The molecular formula is C22H34O3. The predicted octanol–water partition coefficient (Wildman–Crippen LogP) is 3.88. The second-order valence-corrected chi connectivity index (χ2v) is 9.82. The Bertz CT molecular complexity index is 582. The molecule has 0 unspecified atom stereocenters. The fourth-order valence-corrected chi connectivity index (χ4v) is 7.55. The molecule has 4 aliphatic carbocycles. The minimum atomic E-state index is -0.160. The van der Waals surface area contributed by atoms with Gasteiger partial charge in [-0.1, -0.05) is 25.5 Å². The number of carbonyl (C=O) groups excluding carboxylic acids is 1. The highest BCUT2D eigenvalue weighted by Crippen LogP contribution is 2.65. The maximum absolute atomic E-state index is 13.4. The number of carbonyl (C=O) groups is 1. The van der Waals surface area contributed by atoms with E-state index < -0.39 is 0 Å². The Kier molecular flexibility index (Phi) is 4.39. The summed E-state index contributed by atoms with van der Waals surface area (Å²) in [5, 5.41) is 19.6. The van der Waals surface area contributed by atoms with Gasteiger partial charge in [0.1, 0.15) is 5.78 Å². The average Bonchev–Trinajstić information content (AvgIpc) is 2.56. The number of rotatable bonds is 1. The molecule has 4 saturated carbocycles. The highest BCUT2D eigenvalue weighted by atomic mass is 16.3. The van der Waals surface area contributed by atoms with Crippen molar-refractivity contribution in [3.05, 3.63) is 11.6 Å². The molecule has 3 heteroatoms. The molecule has 0 bridgehead atoms. The van der Waals surface area contributed by atoms with Crippen molar-refractivity contribution in [2.75, 3.05) is 6.61 Å². The first-order valence-electron chi connectivity index (χ1n) is 10.4. The van der Waals surface area contributed by atoms with Crippen molar-refractivity contribution in [1.82, 2.24) is 0 Å². The Labute approximate surface area is 151 Å². The highest BCUT2D eigenvalue weighted by Gasteiger charge is 2.61. The Morgan fingerprint density at radius 1 is 1.20 bits per heavy atom. The minimum Gasteiger partial charge on any atom is -0.393 e. The van der Waals surface area contributed by atoms with Crippen LogP contribution >= 0.6 is 0 Å². The van der Waals surface area contributed by atoms with Crippen LogP contribution in [0.25, 0.3) is 0 Å². The van der Waals surface area contributed by atoms with Crippen LogP contribution in [0.2, 0.25) is 0 Å². The number of hydrogen-bond donors (Lipinski definition) is 2. The van der Waals surface area contributed by atoms with Crippen LogP contribution in [0.5, 0.6) is 0 Å². The van der Waals surface area contributed by atoms with Gasteiger partial charge in [0.2, 0.25) is 0 Å². The third kappa shape index (κ3) is 2.56. The summed E-state index contributed by atoms with van der Waals surface area (Å²) in [6.45, 7) is 4.75. The van der Waals surface area contributed by atoms with Crippen LogP contribution in [0, 0.1) is 34.5 Å². The number of aliphatic hydroxyl groups is 2. The summed E-state index contributed by atoms with van der Waals surface area (Å²) in [5.74, 6) is 2.28. The molecule has 4 rings (SSSR count). The van der Waals surface area contributed by atoms with Crippen LogP contribution in [-0.2, 0) is 4.79 Å². The second-order valence-electron chi connectivity index (χ2n) is 9.82. The second kappa shape index (κ2) is 6.20. The van der Waals surface area contributed by atoms with Crippen LogP contribution in [0.15, 0.2) is 11.6 Å². The summed E-state index contributed by atoms with van der Waals surface area (Å²) < 4.78 is 0. The van der Waals surface area contributed by atoms with E-state index in [0.29, 0.717) is 30.0 Å². The fraction of sp³-hybridized carbons (Fsp3) is 0.864. The van der Waals surface area contributed by atoms with Gasteiger partial charge in [-0.25, -0.2) is 0 Å². The highest BCUT2D eigenvalue weighted by molar-refractivity contribution is 5.84. The molecule has 0 amide bonds. The molecular weight excluding hydrogens is 312 g/mol. The molecule has 0 radical (unpaired) electrons. The molecule has 0 aromatic heterocycles. The topological polar surface area (TPSA) is 57.5 Å². The van der Waals surface area contributed by atoms with Gasteiger partial charge in [0.25, 0.3) is 0 Å². The van der Waals surface area contributed by atoms with Crippen LogP contribution < -0.4 is 0 Å². The average molecular weight is 347 g/mol. The third-order valence-electron chi connectivity index (χ3n) is 8.75. The Morgan fingerprint density at radius 3 is 2.76 bits per heavy atom. The lowest BCUT2D eigenvalue weighted by Gasteiger charge is -2.61. The monoisotopic (exact) mass is 346 g/mol. The van der Waals surface area contributed by atoms with Crippen molar-refractivity contribution in [3.63, 3.8) is 0 Å². The molecule has 0 aromatic rings. The van der Waals surface area contributed by atoms with Crippen molar-refractivity contribution < 1.29 is 15.0 Å². The van der Waals surface area contributed by atoms with Crippen LogP contribution in [-0.4, -0.2) is 28.7 Å². The van der Waals surface area contributed by atoms with E-state index in [1.165, 1.54) is 24.8 Å². The van der Waals surface area contributed by atoms with E-state index in [1.54, 1.807) is 0 Å². The molecule has 2 N–H and O–H groups in total. The summed E-state index contributed by atoms with van der Waals surface area (Å²) >= 11 is 0. The summed E-state index contributed by atoms with van der Waals surface area (Å²) in [6, 6.07) is 0. The quantitative estimate of drug-likeness (QED) is 0.709. The van der Waals surface area contributed by atoms with Crippen molar-refractivity contribution in [1.29, 1.82) is 0 Å². The van der Waals surface area contributed by atoms with Gasteiger partial charge >= 0.3 is 0 Å². The molecule has 7 atom stereocenters. The van der Waals surface area contributed by atoms with Gasteiger partial charge in [-0.05, 0) is 80.0 Å². The van der Waals surface area contributed by atoms with E-state index in [2.05, 4.69) is 13.8 Å². The summed E-state index contributed by atoms with van der Waals surface area (Å²) in [4.78, 5) is 13.4. The van der Waals surface area contributed by atoms with Gasteiger partial charge in [0, 0.05) is 12.3 Å². The van der Waals surface area contributed by atoms with Crippen LogP contribution in [0.1, 0.15) is 71.6 Å². The number of aliphatic hydroxyl groups excluding tert-OH is 2.